The van der Waals surface area contributed by atoms with E-state index in [9.17, 15) is 24.0 Å². The lowest BCUT2D eigenvalue weighted by molar-refractivity contribution is -0.166. The Labute approximate surface area is 300 Å². The summed E-state index contributed by atoms with van der Waals surface area (Å²) in [6.45, 7) is 17.4. The minimum atomic E-state index is -0.873. The van der Waals surface area contributed by atoms with E-state index in [0.717, 1.165) is 56.1 Å². The van der Waals surface area contributed by atoms with Crippen LogP contribution in [-0.2, 0) is 34.1 Å². The Balaban J connectivity index is 1.71. The van der Waals surface area contributed by atoms with Crippen LogP contribution >= 0.6 is 11.8 Å². The number of hydrogen-bond acceptors (Lipinski definition) is 9. The number of methoxy groups -OCH3 is 1. The lowest BCUT2D eigenvalue weighted by Crippen LogP contribution is -2.63. The highest BCUT2D eigenvalue weighted by Crippen LogP contribution is 2.75. The van der Waals surface area contributed by atoms with Crippen molar-refractivity contribution < 1.29 is 38.2 Å². The quantitative estimate of drug-likeness (QED) is 0.178. The van der Waals surface area contributed by atoms with Crippen molar-refractivity contribution in [1.29, 1.82) is 0 Å². The van der Waals surface area contributed by atoms with Gasteiger partial charge in [0, 0.05) is 48.2 Å². The van der Waals surface area contributed by atoms with E-state index in [2.05, 4.69) is 39.1 Å². The molecule has 1 unspecified atom stereocenters. The largest absolute Gasteiger partial charge is 0.467 e. The van der Waals surface area contributed by atoms with Crippen molar-refractivity contribution in [1.82, 2.24) is 5.32 Å². The maximum Gasteiger partial charge on any atom is 0.329 e. The molecule has 0 bridgehead atoms. The first kappa shape index (κ1) is 37.9. The zero-order valence-corrected chi connectivity index (χ0v) is 32.1. The number of allylic oxidation sites excluding steroid dienone is 1. The Morgan fingerprint density at radius 2 is 1.58 bits per heavy atom. The molecular weight excluding hydrogens is 657 g/mol. The topological polar surface area (TPSA) is 151 Å². The fraction of sp³-hybridized carbons (Fsp3) is 0.667. The van der Waals surface area contributed by atoms with Gasteiger partial charge in [0.05, 0.1) is 7.11 Å². The molecule has 8 atom stereocenters. The second kappa shape index (κ2) is 13.0. The van der Waals surface area contributed by atoms with Gasteiger partial charge in [-0.05, 0) is 91.2 Å². The molecule has 1 aromatic carbocycles. The standard InChI is InChI=1S/C39H54N2O8S/c1-21-31-25(17-27(48-23(3)43)32(21)49-24(4)44)37(7)14-16-39(9)30-19-36(6,34(40)46)12-11-35(30,5)13-15-38(39,8)29(37)18-28(31)50-20-26(33(45)47-10)41-22(2)42/h17-18,26,28,30H,11-16,19-20H2,1-10H3,(H2,40,46)(H,41,42)/t26-,28?,30+,35+,36+,37-,38+,39-/m0/s1. The first-order valence-corrected chi connectivity index (χ1v) is 18.7. The molecule has 11 heteroatoms. The molecule has 0 saturated heterocycles. The van der Waals surface area contributed by atoms with E-state index >= 15 is 0 Å². The van der Waals surface area contributed by atoms with Gasteiger partial charge in [-0.15, -0.1) is 11.8 Å². The van der Waals surface area contributed by atoms with Crippen LogP contribution in [0.15, 0.2) is 17.7 Å². The molecule has 2 amide bonds. The van der Waals surface area contributed by atoms with Gasteiger partial charge >= 0.3 is 17.9 Å². The van der Waals surface area contributed by atoms with E-state index in [1.165, 1.54) is 45.2 Å². The number of thioether (sulfide) groups is 1. The van der Waals surface area contributed by atoms with E-state index in [1.54, 1.807) is 0 Å². The van der Waals surface area contributed by atoms with Gasteiger partial charge in [0.2, 0.25) is 11.8 Å². The Hall–Kier alpha value is -3.34. The van der Waals surface area contributed by atoms with Crippen LogP contribution in [0.1, 0.15) is 122 Å². The molecule has 5 rings (SSSR count). The fourth-order valence-corrected chi connectivity index (χ4v) is 11.6. The SMILES string of the molecule is COC(=O)[C@H](CSC1C=C2[C@@](C)(CC[C@@]3(C)[C@@H]4C[C@](C)(C(N)=O)CC[C@]4(C)CC[C@]23C)c2cc(OC(C)=O)c(OC(C)=O)c(C)c21)NC(C)=O. The minimum absolute atomic E-state index is 0.0857. The predicted octanol–water partition coefficient (Wildman–Crippen LogP) is 6.39. The number of primary amides is 1. The molecule has 3 N–H and O–H groups in total. The van der Waals surface area contributed by atoms with Crippen LogP contribution in [0.4, 0.5) is 0 Å². The van der Waals surface area contributed by atoms with E-state index < -0.39 is 34.8 Å². The number of amides is 2. The molecule has 0 heterocycles. The molecule has 10 nitrogen and oxygen atoms in total. The van der Waals surface area contributed by atoms with Crippen molar-refractivity contribution in [2.24, 2.45) is 33.3 Å². The average molecular weight is 711 g/mol. The van der Waals surface area contributed by atoms with Gasteiger partial charge in [-0.1, -0.05) is 46.3 Å². The van der Waals surface area contributed by atoms with Crippen LogP contribution < -0.4 is 20.5 Å². The Morgan fingerprint density at radius 3 is 2.16 bits per heavy atom. The maximum atomic E-state index is 12.8. The third kappa shape index (κ3) is 6.05. The maximum absolute atomic E-state index is 12.8. The first-order valence-electron chi connectivity index (χ1n) is 17.7. The third-order valence-corrected chi connectivity index (χ3v) is 14.7. The van der Waals surface area contributed by atoms with Gasteiger partial charge in [-0.2, -0.15) is 0 Å². The average Bonchev–Trinajstić information content (AvgIpc) is 3.02. The van der Waals surface area contributed by atoms with Gasteiger partial charge in [0.15, 0.2) is 11.5 Å². The Bertz CT molecular complexity index is 1670. The lowest BCUT2D eigenvalue weighted by Gasteiger charge is -2.70. The highest BCUT2D eigenvalue weighted by molar-refractivity contribution is 7.99. The molecule has 0 aromatic heterocycles. The van der Waals surface area contributed by atoms with Crippen molar-refractivity contribution in [3.8, 4) is 11.5 Å². The number of carbonyl (C=O) groups is 5. The van der Waals surface area contributed by atoms with Crippen LogP contribution in [-0.4, -0.2) is 48.6 Å². The smallest absolute Gasteiger partial charge is 0.329 e. The van der Waals surface area contributed by atoms with Gasteiger partial charge in [0.1, 0.15) is 6.04 Å². The molecule has 4 aliphatic carbocycles. The number of rotatable bonds is 8. The fourth-order valence-electron chi connectivity index (χ4n) is 10.3. The van der Waals surface area contributed by atoms with Crippen molar-refractivity contribution in [3.63, 3.8) is 0 Å². The summed E-state index contributed by atoms with van der Waals surface area (Å²) in [6, 6.07) is 1.00. The predicted molar refractivity (Wildman–Crippen MR) is 191 cm³/mol. The van der Waals surface area contributed by atoms with Crippen molar-refractivity contribution in [2.75, 3.05) is 12.9 Å². The normalized spacial score (nSPS) is 34.7. The molecule has 3 fully saturated rings. The number of esters is 3. The van der Waals surface area contributed by atoms with E-state index in [1.807, 2.05) is 19.9 Å². The van der Waals surface area contributed by atoms with Crippen molar-refractivity contribution >= 4 is 41.5 Å². The van der Waals surface area contributed by atoms with Crippen LogP contribution in [0.5, 0.6) is 11.5 Å². The minimum Gasteiger partial charge on any atom is -0.467 e. The highest BCUT2D eigenvalue weighted by Gasteiger charge is 2.67. The zero-order chi connectivity index (χ0) is 37.2. The second-order valence-electron chi connectivity index (χ2n) is 16.5. The van der Waals surface area contributed by atoms with Gasteiger partial charge in [-0.25, -0.2) is 4.79 Å². The zero-order valence-electron chi connectivity index (χ0n) is 31.3. The van der Waals surface area contributed by atoms with E-state index in [0.29, 0.717) is 5.56 Å². The summed E-state index contributed by atoms with van der Waals surface area (Å²) in [7, 11) is 1.30. The summed E-state index contributed by atoms with van der Waals surface area (Å²) < 4.78 is 16.5. The number of benzene rings is 1. The number of carbonyl (C=O) groups excluding carboxylic acids is 5. The summed E-state index contributed by atoms with van der Waals surface area (Å²) >= 11 is 1.51. The molecule has 1 aromatic rings. The molecule has 0 aliphatic heterocycles. The molecule has 4 aliphatic rings. The summed E-state index contributed by atoms with van der Waals surface area (Å²) in [5.41, 5.74) is 8.61. The van der Waals surface area contributed by atoms with Crippen molar-refractivity contribution in [2.45, 2.75) is 124 Å². The number of ether oxygens (including phenoxy) is 3. The number of fused-ring (bicyclic) bond motifs is 7. The second-order valence-corrected chi connectivity index (χ2v) is 17.7. The molecule has 274 valence electrons. The monoisotopic (exact) mass is 710 g/mol. The number of hydrogen-bond donors (Lipinski definition) is 2. The summed E-state index contributed by atoms with van der Waals surface area (Å²) in [5.74, 6) is -1.29. The number of nitrogens with one attached hydrogen (secondary N) is 1. The summed E-state index contributed by atoms with van der Waals surface area (Å²) in [4.78, 5) is 62.4. The molecule has 50 heavy (non-hydrogen) atoms. The summed E-state index contributed by atoms with van der Waals surface area (Å²) in [5, 5.41) is 2.43. The van der Waals surface area contributed by atoms with Crippen molar-refractivity contribution in [3.05, 3.63) is 34.4 Å². The third-order valence-electron chi connectivity index (χ3n) is 13.4. The van der Waals surface area contributed by atoms with Gasteiger partial charge in [0.25, 0.3) is 0 Å². The van der Waals surface area contributed by atoms with Crippen LogP contribution in [0.25, 0.3) is 0 Å². The Morgan fingerprint density at radius 1 is 0.940 bits per heavy atom. The highest BCUT2D eigenvalue weighted by atomic mass is 32.2. The molecule has 3 saturated carbocycles. The lowest BCUT2D eigenvalue weighted by atomic mass is 9.34. The van der Waals surface area contributed by atoms with Gasteiger partial charge in [-0.3, -0.25) is 19.2 Å². The van der Waals surface area contributed by atoms with E-state index in [-0.39, 0.29) is 56.5 Å². The van der Waals surface area contributed by atoms with Crippen LogP contribution in [0, 0.1) is 34.5 Å². The van der Waals surface area contributed by atoms with E-state index in [4.69, 9.17) is 19.9 Å². The van der Waals surface area contributed by atoms with Crippen LogP contribution in [0.2, 0.25) is 0 Å². The molecule has 0 radical (unpaired) electrons. The molecular formula is C39H54N2O8S. The van der Waals surface area contributed by atoms with Gasteiger partial charge < -0.3 is 25.3 Å². The summed E-state index contributed by atoms with van der Waals surface area (Å²) in [6.07, 6.45) is 8.59. The number of nitrogens with two attached hydrogens (primary N) is 1. The Kier molecular flexibility index (Phi) is 9.86. The van der Waals surface area contributed by atoms with Crippen LogP contribution in [0.3, 0.4) is 0 Å². The molecule has 0 spiro atoms. The first-order chi connectivity index (χ1) is 23.2.